The predicted octanol–water partition coefficient (Wildman–Crippen LogP) is 4.63. The van der Waals surface area contributed by atoms with Crippen LogP contribution in [0.1, 0.15) is 38.8 Å². The number of para-hydroxylation sites is 1. The average molecular weight is 420 g/mol. The maximum Gasteiger partial charge on any atom is 0.242 e. The van der Waals surface area contributed by atoms with E-state index in [1.165, 1.54) is 10.9 Å². The highest BCUT2D eigenvalue weighted by atomic mass is 16.2. The van der Waals surface area contributed by atoms with Gasteiger partial charge in [-0.05, 0) is 37.5 Å². The predicted molar refractivity (Wildman–Crippen MR) is 126 cm³/mol. The molecule has 5 nitrogen and oxygen atoms in total. The monoisotopic (exact) mass is 419 g/mol. The van der Waals surface area contributed by atoms with Gasteiger partial charge in [0.15, 0.2) is 0 Å². The average Bonchev–Trinajstić information content (AvgIpc) is 3.18. The molecule has 2 aromatic carbocycles. The van der Waals surface area contributed by atoms with Crippen LogP contribution in [0.3, 0.4) is 0 Å². The van der Waals surface area contributed by atoms with Crippen LogP contribution in [0.4, 0.5) is 0 Å². The first kappa shape index (κ1) is 22.6. The smallest absolute Gasteiger partial charge is 0.242 e. The number of nitrogens with one attached hydrogen (secondary N) is 1. The van der Waals surface area contributed by atoms with E-state index in [0.29, 0.717) is 13.1 Å². The lowest BCUT2D eigenvalue weighted by atomic mass is 10.1. The molecule has 1 N–H and O–H groups in total. The Morgan fingerprint density at radius 2 is 1.61 bits per heavy atom. The van der Waals surface area contributed by atoms with E-state index >= 15 is 0 Å². The molecule has 0 bridgehead atoms. The lowest BCUT2D eigenvalue weighted by Crippen LogP contribution is -2.47. The van der Waals surface area contributed by atoms with Crippen LogP contribution >= 0.6 is 0 Å². The number of amides is 2. The van der Waals surface area contributed by atoms with Crippen LogP contribution in [0.25, 0.3) is 10.9 Å². The Morgan fingerprint density at radius 1 is 0.935 bits per heavy atom. The van der Waals surface area contributed by atoms with Gasteiger partial charge in [-0.2, -0.15) is 0 Å². The van der Waals surface area contributed by atoms with Crippen molar-refractivity contribution in [2.75, 3.05) is 13.1 Å². The summed E-state index contributed by atoms with van der Waals surface area (Å²) in [5.41, 5.74) is 3.38. The van der Waals surface area contributed by atoms with Crippen LogP contribution in [0.5, 0.6) is 0 Å². The summed E-state index contributed by atoms with van der Waals surface area (Å²) in [6.07, 6.45) is 2.78. The number of aromatic amines is 1. The molecule has 0 aliphatic rings. The first-order chi connectivity index (χ1) is 14.9. The van der Waals surface area contributed by atoms with E-state index in [9.17, 15) is 9.59 Å². The van der Waals surface area contributed by atoms with Crippen molar-refractivity contribution in [2.45, 2.75) is 46.7 Å². The number of rotatable bonds is 9. The van der Waals surface area contributed by atoms with Crippen molar-refractivity contribution in [1.29, 1.82) is 0 Å². The van der Waals surface area contributed by atoms with E-state index in [1.54, 1.807) is 4.90 Å². The lowest BCUT2D eigenvalue weighted by molar-refractivity contribution is -0.144. The number of hydrogen-bond acceptors (Lipinski definition) is 2. The highest BCUT2D eigenvalue weighted by Crippen LogP contribution is 2.19. The third-order valence-electron chi connectivity index (χ3n) is 5.60. The van der Waals surface area contributed by atoms with E-state index < -0.39 is 0 Å². The summed E-state index contributed by atoms with van der Waals surface area (Å²) in [6, 6.07) is 18.2. The van der Waals surface area contributed by atoms with Crippen molar-refractivity contribution >= 4 is 22.7 Å². The number of hydrogen-bond donors (Lipinski definition) is 1. The van der Waals surface area contributed by atoms with Gasteiger partial charge in [0.25, 0.3) is 0 Å². The van der Waals surface area contributed by atoms with Gasteiger partial charge in [-0.1, -0.05) is 62.4 Å². The first-order valence-corrected chi connectivity index (χ1v) is 11.0. The molecule has 31 heavy (non-hydrogen) atoms. The van der Waals surface area contributed by atoms with E-state index in [1.807, 2.05) is 81.3 Å². The van der Waals surface area contributed by atoms with Gasteiger partial charge >= 0.3 is 0 Å². The molecular weight excluding hydrogens is 386 g/mol. The van der Waals surface area contributed by atoms with Crippen LogP contribution in [0, 0.1) is 5.92 Å². The number of nitrogens with zero attached hydrogens (tertiary/aromatic N) is 2. The number of fused-ring (bicyclic) bond motifs is 1. The zero-order valence-electron chi connectivity index (χ0n) is 19.0. The molecule has 5 heteroatoms. The zero-order valence-corrected chi connectivity index (χ0v) is 19.0. The molecule has 0 saturated carbocycles. The second-order valence-corrected chi connectivity index (χ2v) is 8.62. The Kier molecular flexibility index (Phi) is 7.50. The van der Waals surface area contributed by atoms with Crippen LogP contribution < -0.4 is 0 Å². The summed E-state index contributed by atoms with van der Waals surface area (Å²) < 4.78 is 0. The van der Waals surface area contributed by atoms with Gasteiger partial charge in [-0.25, -0.2) is 0 Å². The third kappa shape index (κ3) is 5.75. The summed E-state index contributed by atoms with van der Waals surface area (Å²) in [5.74, 6) is -0.143. The Morgan fingerprint density at radius 3 is 2.29 bits per heavy atom. The maximum absolute atomic E-state index is 13.3. The van der Waals surface area contributed by atoms with Gasteiger partial charge in [-0.15, -0.1) is 0 Å². The largest absolute Gasteiger partial charge is 0.361 e. The molecule has 0 fully saturated rings. The lowest BCUT2D eigenvalue weighted by Gasteiger charge is -2.31. The normalized spacial score (nSPS) is 11.3. The van der Waals surface area contributed by atoms with E-state index in [2.05, 4.69) is 17.1 Å². The Hall–Kier alpha value is -3.08. The number of H-pyrrole nitrogens is 1. The fourth-order valence-corrected chi connectivity index (χ4v) is 3.78. The maximum atomic E-state index is 13.3. The quantitative estimate of drug-likeness (QED) is 0.550. The van der Waals surface area contributed by atoms with Crippen molar-refractivity contribution < 1.29 is 9.59 Å². The van der Waals surface area contributed by atoms with Crippen molar-refractivity contribution in [2.24, 2.45) is 5.92 Å². The second kappa shape index (κ2) is 10.3. The number of benzene rings is 2. The zero-order chi connectivity index (χ0) is 22.4. The fraction of sp³-hybridized carbons (Fsp3) is 0.385. The molecule has 3 aromatic rings. The van der Waals surface area contributed by atoms with E-state index in [-0.39, 0.29) is 30.3 Å². The minimum Gasteiger partial charge on any atom is -0.361 e. The van der Waals surface area contributed by atoms with Gasteiger partial charge < -0.3 is 14.8 Å². The molecule has 0 saturated heterocycles. The third-order valence-corrected chi connectivity index (χ3v) is 5.60. The summed E-state index contributed by atoms with van der Waals surface area (Å²) in [6.45, 7) is 8.90. The topological polar surface area (TPSA) is 56.4 Å². The molecule has 2 amide bonds. The summed E-state index contributed by atoms with van der Waals surface area (Å²) in [7, 11) is 0. The van der Waals surface area contributed by atoms with E-state index in [4.69, 9.17) is 0 Å². The van der Waals surface area contributed by atoms with Crippen LogP contribution in [-0.4, -0.2) is 45.7 Å². The number of aromatic nitrogens is 1. The minimum atomic E-state index is -0.135. The van der Waals surface area contributed by atoms with Gasteiger partial charge in [0.2, 0.25) is 11.8 Å². The second-order valence-electron chi connectivity index (χ2n) is 8.62. The van der Waals surface area contributed by atoms with Crippen LogP contribution in [0.15, 0.2) is 60.8 Å². The van der Waals surface area contributed by atoms with Crippen molar-refractivity contribution in [3.8, 4) is 0 Å². The molecule has 0 aliphatic carbocycles. The standard InChI is InChI=1S/C26H33N3O2/c1-19(2)26(31)29(20(3)4)18-25(30)28(17-21-10-6-5-7-11-21)15-14-22-16-27-24-13-9-8-12-23(22)24/h5-13,16,19-20,27H,14-15,17-18H2,1-4H3. The van der Waals surface area contributed by atoms with Crippen molar-refractivity contribution in [3.05, 3.63) is 71.9 Å². The molecule has 3 rings (SSSR count). The molecule has 0 radical (unpaired) electrons. The van der Waals surface area contributed by atoms with Crippen molar-refractivity contribution in [1.82, 2.24) is 14.8 Å². The number of carbonyl (C=O) groups is 2. The number of carbonyl (C=O) groups excluding carboxylic acids is 2. The SMILES string of the molecule is CC(C)C(=O)N(CC(=O)N(CCc1c[nH]c2ccccc12)Cc1ccccc1)C(C)C. The molecular formula is C26H33N3O2. The fourth-order valence-electron chi connectivity index (χ4n) is 3.78. The Balaban J connectivity index is 1.78. The molecule has 164 valence electrons. The van der Waals surface area contributed by atoms with Crippen LogP contribution in [0.2, 0.25) is 0 Å². The molecule has 0 atom stereocenters. The first-order valence-electron chi connectivity index (χ1n) is 11.0. The summed E-state index contributed by atoms with van der Waals surface area (Å²) in [5, 5.41) is 1.19. The Labute approximate surface area is 185 Å². The van der Waals surface area contributed by atoms with Gasteiger partial charge in [0, 0.05) is 42.1 Å². The van der Waals surface area contributed by atoms with Crippen molar-refractivity contribution in [3.63, 3.8) is 0 Å². The van der Waals surface area contributed by atoms with Gasteiger partial charge in [0.1, 0.15) is 0 Å². The molecule has 1 heterocycles. The highest BCUT2D eigenvalue weighted by molar-refractivity contribution is 5.86. The molecule has 0 spiro atoms. The molecule has 1 aromatic heterocycles. The summed E-state index contributed by atoms with van der Waals surface area (Å²) in [4.78, 5) is 32.9. The van der Waals surface area contributed by atoms with Gasteiger partial charge in [-0.3, -0.25) is 9.59 Å². The minimum absolute atomic E-state index is 0.0136. The molecule has 0 aliphatic heterocycles. The van der Waals surface area contributed by atoms with Crippen LogP contribution in [-0.2, 0) is 22.6 Å². The highest BCUT2D eigenvalue weighted by Gasteiger charge is 2.25. The van der Waals surface area contributed by atoms with Gasteiger partial charge in [0.05, 0.1) is 6.54 Å². The van der Waals surface area contributed by atoms with E-state index in [0.717, 1.165) is 17.5 Å². The summed E-state index contributed by atoms with van der Waals surface area (Å²) >= 11 is 0. The molecule has 0 unspecified atom stereocenters. The Bertz CT molecular complexity index is 1010.